The molecule has 0 N–H and O–H groups in total. The highest BCUT2D eigenvalue weighted by Crippen LogP contribution is 2.20. The first-order valence-corrected chi connectivity index (χ1v) is 5.98. The van der Waals surface area contributed by atoms with Gasteiger partial charge in [0.05, 0.1) is 11.7 Å². The largest absolute Gasteiger partial charge is 0.381 e. The smallest absolute Gasteiger partial charge is 0.0719 e. The number of ether oxygens (including phenoxy) is 2. The van der Waals surface area contributed by atoms with Crippen LogP contribution in [0.25, 0.3) is 0 Å². The van der Waals surface area contributed by atoms with Gasteiger partial charge >= 0.3 is 0 Å². The van der Waals surface area contributed by atoms with Crippen molar-refractivity contribution in [2.45, 2.75) is 38.4 Å². The van der Waals surface area contributed by atoms with Crippen LogP contribution >= 0.6 is 22.6 Å². The highest BCUT2D eigenvalue weighted by atomic mass is 127. The van der Waals surface area contributed by atoms with Gasteiger partial charge < -0.3 is 9.47 Å². The van der Waals surface area contributed by atoms with Crippen molar-refractivity contribution in [3.8, 4) is 0 Å². The highest BCUT2D eigenvalue weighted by molar-refractivity contribution is 14.1. The Morgan fingerprint density at radius 2 is 2.00 bits per heavy atom. The van der Waals surface area contributed by atoms with Crippen molar-refractivity contribution in [3.05, 3.63) is 0 Å². The molecule has 1 aliphatic heterocycles. The Morgan fingerprint density at radius 3 is 2.50 bits per heavy atom. The molecule has 72 valence electrons. The molecule has 1 saturated heterocycles. The highest BCUT2D eigenvalue weighted by Gasteiger charge is 2.23. The first-order valence-electron chi connectivity index (χ1n) is 4.45. The lowest BCUT2D eigenvalue weighted by atomic mass is 10.1. The van der Waals surface area contributed by atoms with Crippen LogP contribution in [-0.4, -0.2) is 29.3 Å². The molecule has 1 fully saturated rings. The van der Waals surface area contributed by atoms with Gasteiger partial charge in [0.1, 0.15) is 0 Å². The minimum atomic E-state index is 0.0303. The molecular weight excluding hydrogens is 267 g/mol. The van der Waals surface area contributed by atoms with Crippen molar-refractivity contribution < 1.29 is 9.47 Å². The molecule has 2 nitrogen and oxygen atoms in total. The summed E-state index contributed by atoms with van der Waals surface area (Å²) in [5.74, 6) is 0. The third kappa shape index (κ3) is 3.58. The number of rotatable bonds is 3. The lowest BCUT2D eigenvalue weighted by Crippen LogP contribution is -2.35. The van der Waals surface area contributed by atoms with Crippen LogP contribution in [-0.2, 0) is 9.47 Å². The third-order valence-corrected chi connectivity index (χ3v) is 3.81. The monoisotopic (exact) mass is 284 g/mol. The molecule has 0 spiro atoms. The number of halogens is 1. The van der Waals surface area contributed by atoms with E-state index in [1.165, 1.54) is 0 Å². The maximum Gasteiger partial charge on any atom is 0.0719 e. The summed E-state index contributed by atoms with van der Waals surface area (Å²) in [6.45, 7) is 6.02. The minimum Gasteiger partial charge on any atom is -0.381 e. The van der Waals surface area contributed by atoms with Crippen LogP contribution in [0.2, 0.25) is 0 Å². The van der Waals surface area contributed by atoms with E-state index >= 15 is 0 Å². The van der Waals surface area contributed by atoms with Gasteiger partial charge in [0.25, 0.3) is 0 Å². The van der Waals surface area contributed by atoms with Crippen molar-refractivity contribution in [2.24, 2.45) is 0 Å². The van der Waals surface area contributed by atoms with Crippen molar-refractivity contribution in [2.75, 3.05) is 17.6 Å². The summed E-state index contributed by atoms with van der Waals surface area (Å²) in [6.07, 6.45) is 2.53. The zero-order valence-electron chi connectivity index (χ0n) is 7.81. The van der Waals surface area contributed by atoms with Crippen molar-refractivity contribution in [1.29, 1.82) is 0 Å². The van der Waals surface area contributed by atoms with Crippen molar-refractivity contribution in [3.63, 3.8) is 0 Å². The Labute approximate surface area is 88.1 Å². The summed E-state index contributed by atoms with van der Waals surface area (Å²) in [6, 6.07) is 0. The molecule has 1 rings (SSSR count). The molecule has 3 heteroatoms. The fourth-order valence-electron chi connectivity index (χ4n) is 1.28. The van der Waals surface area contributed by atoms with Crippen LogP contribution in [0.4, 0.5) is 0 Å². The quantitative estimate of drug-likeness (QED) is 0.585. The summed E-state index contributed by atoms with van der Waals surface area (Å²) in [7, 11) is 0. The Kier molecular flexibility index (Phi) is 4.26. The number of hydrogen-bond acceptors (Lipinski definition) is 2. The molecule has 0 unspecified atom stereocenters. The molecular formula is C9H17IO2. The predicted molar refractivity (Wildman–Crippen MR) is 57.9 cm³/mol. The summed E-state index contributed by atoms with van der Waals surface area (Å²) in [4.78, 5) is 0. The minimum absolute atomic E-state index is 0.0303. The van der Waals surface area contributed by atoms with Crippen LogP contribution in [0.1, 0.15) is 26.7 Å². The van der Waals surface area contributed by atoms with Gasteiger partial charge in [-0.15, -0.1) is 0 Å². The first-order chi connectivity index (χ1) is 5.64. The lowest BCUT2D eigenvalue weighted by Gasteiger charge is -2.31. The van der Waals surface area contributed by atoms with E-state index in [1.54, 1.807) is 0 Å². The van der Waals surface area contributed by atoms with Gasteiger partial charge in [-0.2, -0.15) is 0 Å². The van der Waals surface area contributed by atoms with Gasteiger partial charge in [-0.25, -0.2) is 0 Å². The molecule has 0 atom stereocenters. The average molecular weight is 284 g/mol. The van der Waals surface area contributed by atoms with E-state index in [0.717, 1.165) is 30.5 Å². The molecule has 0 aromatic heterocycles. The topological polar surface area (TPSA) is 18.5 Å². The number of alkyl halides is 1. The molecule has 1 aliphatic rings. The second-order valence-electron chi connectivity index (χ2n) is 3.82. The molecule has 0 bridgehead atoms. The average Bonchev–Trinajstić information content (AvgIpc) is 2.06. The fourth-order valence-corrected chi connectivity index (χ4v) is 1.46. The molecule has 1 heterocycles. The predicted octanol–water partition coefficient (Wildman–Crippen LogP) is 2.40. The van der Waals surface area contributed by atoms with Gasteiger partial charge in [-0.05, 0) is 26.7 Å². The molecule has 0 aromatic carbocycles. The van der Waals surface area contributed by atoms with E-state index in [1.807, 2.05) is 0 Å². The zero-order chi connectivity index (χ0) is 9.03. The van der Waals surface area contributed by atoms with E-state index in [9.17, 15) is 0 Å². The van der Waals surface area contributed by atoms with E-state index in [0.29, 0.717) is 6.10 Å². The van der Waals surface area contributed by atoms with Gasteiger partial charge in [-0.3, -0.25) is 0 Å². The van der Waals surface area contributed by atoms with E-state index in [2.05, 4.69) is 36.4 Å². The normalized spacial score (nSPS) is 21.2. The molecule has 12 heavy (non-hydrogen) atoms. The SMILES string of the molecule is CC(C)(CI)OC1CCOCC1. The Bertz CT molecular complexity index is 130. The summed E-state index contributed by atoms with van der Waals surface area (Å²) in [5, 5.41) is 0. The van der Waals surface area contributed by atoms with E-state index in [-0.39, 0.29) is 5.60 Å². The van der Waals surface area contributed by atoms with Crippen molar-refractivity contribution in [1.82, 2.24) is 0 Å². The summed E-state index contributed by atoms with van der Waals surface area (Å²) >= 11 is 2.37. The zero-order valence-corrected chi connectivity index (χ0v) is 9.96. The summed E-state index contributed by atoms with van der Waals surface area (Å²) in [5.41, 5.74) is 0.0303. The van der Waals surface area contributed by atoms with Crippen LogP contribution < -0.4 is 0 Å². The van der Waals surface area contributed by atoms with Gasteiger partial charge in [-0.1, -0.05) is 22.6 Å². The molecule has 0 radical (unpaired) electrons. The van der Waals surface area contributed by atoms with Gasteiger partial charge in [0.2, 0.25) is 0 Å². The number of hydrogen-bond donors (Lipinski definition) is 0. The third-order valence-electron chi connectivity index (χ3n) is 1.98. The maximum absolute atomic E-state index is 5.94. The Balaban J connectivity index is 2.28. The Hall–Kier alpha value is 0.650. The van der Waals surface area contributed by atoms with E-state index < -0.39 is 0 Å². The molecule has 0 aromatic rings. The van der Waals surface area contributed by atoms with Crippen LogP contribution in [0.15, 0.2) is 0 Å². The van der Waals surface area contributed by atoms with Crippen LogP contribution in [0.5, 0.6) is 0 Å². The van der Waals surface area contributed by atoms with Gasteiger partial charge in [0, 0.05) is 17.6 Å². The standard InChI is InChI=1S/C9H17IO2/c1-9(2,7-10)12-8-3-5-11-6-4-8/h8H,3-7H2,1-2H3. The fraction of sp³-hybridized carbons (Fsp3) is 1.00. The van der Waals surface area contributed by atoms with Crippen LogP contribution in [0.3, 0.4) is 0 Å². The molecule has 0 saturated carbocycles. The Morgan fingerprint density at radius 1 is 1.42 bits per heavy atom. The first kappa shape index (κ1) is 10.7. The molecule has 0 aliphatic carbocycles. The van der Waals surface area contributed by atoms with Crippen LogP contribution in [0, 0.1) is 0 Å². The summed E-state index contributed by atoms with van der Waals surface area (Å²) < 4.78 is 12.3. The maximum atomic E-state index is 5.94. The second-order valence-corrected chi connectivity index (χ2v) is 4.59. The molecule has 0 amide bonds. The second kappa shape index (κ2) is 4.77. The van der Waals surface area contributed by atoms with Gasteiger partial charge in [0.15, 0.2) is 0 Å². The lowest BCUT2D eigenvalue weighted by molar-refractivity contribution is -0.0968. The van der Waals surface area contributed by atoms with E-state index in [4.69, 9.17) is 9.47 Å². The van der Waals surface area contributed by atoms with Crippen molar-refractivity contribution >= 4 is 22.6 Å².